The van der Waals surface area contributed by atoms with Gasteiger partial charge in [-0.05, 0) is 59.1 Å². The third-order valence-electron chi connectivity index (χ3n) is 5.76. The summed E-state index contributed by atoms with van der Waals surface area (Å²) >= 11 is 0. The first-order chi connectivity index (χ1) is 15.1. The number of carbonyl (C=O) groups is 3. The van der Waals surface area contributed by atoms with E-state index >= 15 is 0 Å². The Balaban J connectivity index is 2.33. The summed E-state index contributed by atoms with van der Waals surface area (Å²) in [6.45, 7) is 9.80. The van der Waals surface area contributed by atoms with E-state index in [9.17, 15) is 19.5 Å². The zero-order valence-electron chi connectivity index (χ0n) is 19.8. The summed E-state index contributed by atoms with van der Waals surface area (Å²) in [6, 6.07) is 8.59. The van der Waals surface area contributed by atoms with Crippen LogP contribution in [-0.4, -0.2) is 76.2 Å². The Kier molecular flexibility index (Phi) is 9.21. The molecule has 32 heavy (non-hydrogen) atoms. The Labute approximate surface area is 190 Å². The van der Waals surface area contributed by atoms with E-state index in [0.29, 0.717) is 32.5 Å². The van der Waals surface area contributed by atoms with Gasteiger partial charge in [-0.3, -0.25) is 14.6 Å². The van der Waals surface area contributed by atoms with Crippen molar-refractivity contribution in [1.82, 2.24) is 15.1 Å². The molecule has 0 bridgehead atoms. The van der Waals surface area contributed by atoms with E-state index < -0.39 is 23.7 Å². The van der Waals surface area contributed by atoms with Crippen LogP contribution in [0, 0.1) is 0 Å². The first-order valence-corrected chi connectivity index (χ1v) is 11.3. The SMILES string of the molecule is CC[C@@H](C=O)N1CN(C(=O)OC(C)(C)C)[C@@H](Cc2ccccc2)[C@@H]1CCN[C@@H](C)C(=O)O. The Hall–Kier alpha value is -2.45. The van der Waals surface area contributed by atoms with Crippen molar-refractivity contribution in [2.45, 2.75) is 83.6 Å². The summed E-state index contributed by atoms with van der Waals surface area (Å²) in [7, 11) is 0. The quantitative estimate of drug-likeness (QED) is 0.532. The number of carbonyl (C=O) groups excluding carboxylic acids is 2. The molecule has 1 aliphatic rings. The van der Waals surface area contributed by atoms with Crippen molar-refractivity contribution in [3.8, 4) is 0 Å². The minimum absolute atomic E-state index is 0.119. The van der Waals surface area contributed by atoms with Gasteiger partial charge in [0.15, 0.2) is 0 Å². The molecule has 0 aromatic heterocycles. The fourth-order valence-electron chi connectivity index (χ4n) is 4.08. The summed E-state index contributed by atoms with van der Waals surface area (Å²) < 4.78 is 5.69. The van der Waals surface area contributed by atoms with E-state index in [4.69, 9.17) is 4.74 Å². The summed E-state index contributed by atoms with van der Waals surface area (Å²) in [4.78, 5) is 39.9. The Morgan fingerprint density at radius 2 is 1.91 bits per heavy atom. The highest BCUT2D eigenvalue weighted by molar-refractivity contribution is 5.72. The van der Waals surface area contributed by atoms with Crippen molar-refractivity contribution in [2.75, 3.05) is 13.2 Å². The lowest BCUT2D eigenvalue weighted by atomic mass is 9.96. The predicted molar refractivity (Wildman–Crippen MR) is 122 cm³/mol. The second-order valence-electron chi connectivity index (χ2n) is 9.34. The van der Waals surface area contributed by atoms with Crippen molar-refractivity contribution in [1.29, 1.82) is 0 Å². The summed E-state index contributed by atoms with van der Waals surface area (Å²) in [5, 5.41) is 12.2. The number of amides is 1. The van der Waals surface area contributed by atoms with Crippen LogP contribution in [-0.2, 0) is 20.7 Å². The Morgan fingerprint density at radius 1 is 1.25 bits per heavy atom. The van der Waals surface area contributed by atoms with Gasteiger partial charge >= 0.3 is 12.1 Å². The van der Waals surface area contributed by atoms with Crippen LogP contribution in [0.1, 0.15) is 53.0 Å². The van der Waals surface area contributed by atoms with Gasteiger partial charge in [0.05, 0.1) is 18.8 Å². The number of aldehydes is 1. The number of rotatable bonds is 10. The molecule has 178 valence electrons. The second kappa shape index (κ2) is 11.4. The number of carboxylic acids is 1. The summed E-state index contributed by atoms with van der Waals surface area (Å²) in [6.07, 6.45) is 2.36. The highest BCUT2D eigenvalue weighted by Crippen LogP contribution is 2.30. The fraction of sp³-hybridized carbons (Fsp3) is 0.625. The molecular weight excluding hydrogens is 410 g/mol. The zero-order chi connectivity index (χ0) is 23.9. The molecule has 1 amide bonds. The summed E-state index contributed by atoms with van der Waals surface area (Å²) in [5.41, 5.74) is 0.453. The molecule has 8 nitrogen and oxygen atoms in total. The maximum absolute atomic E-state index is 13.1. The van der Waals surface area contributed by atoms with Gasteiger partial charge in [0.1, 0.15) is 17.9 Å². The molecule has 1 saturated heterocycles. The molecule has 1 fully saturated rings. The number of nitrogens with one attached hydrogen (secondary N) is 1. The van der Waals surface area contributed by atoms with E-state index in [0.717, 1.165) is 11.8 Å². The average Bonchev–Trinajstić information content (AvgIpc) is 3.06. The molecular formula is C24H37N3O5. The number of nitrogens with zero attached hydrogens (tertiary/aromatic N) is 2. The monoisotopic (exact) mass is 447 g/mol. The third kappa shape index (κ3) is 7.03. The molecule has 0 aliphatic carbocycles. The number of hydrogen-bond donors (Lipinski definition) is 2. The molecule has 2 rings (SSSR count). The van der Waals surface area contributed by atoms with Gasteiger partial charge in [0.2, 0.25) is 0 Å². The lowest BCUT2D eigenvalue weighted by Crippen LogP contribution is -2.47. The van der Waals surface area contributed by atoms with Gasteiger partial charge in [-0.15, -0.1) is 0 Å². The number of ether oxygens (including phenoxy) is 1. The van der Waals surface area contributed by atoms with Gasteiger partial charge in [0, 0.05) is 6.04 Å². The third-order valence-corrected chi connectivity index (χ3v) is 5.76. The Morgan fingerprint density at radius 3 is 2.44 bits per heavy atom. The van der Waals surface area contributed by atoms with Gasteiger partial charge in [-0.2, -0.15) is 0 Å². The van der Waals surface area contributed by atoms with Crippen molar-refractivity contribution in [3.05, 3.63) is 35.9 Å². The first-order valence-electron chi connectivity index (χ1n) is 11.3. The second-order valence-corrected chi connectivity index (χ2v) is 9.34. The van der Waals surface area contributed by atoms with Crippen LogP contribution in [0.4, 0.5) is 4.79 Å². The molecule has 4 atom stereocenters. The van der Waals surface area contributed by atoms with Crippen molar-refractivity contribution < 1.29 is 24.2 Å². The van der Waals surface area contributed by atoms with E-state index in [2.05, 4.69) is 10.2 Å². The van der Waals surface area contributed by atoms with Crippen LogP contribution >= 0.6 is 0 Å². The van der Waals surface area contributed by atoms with E-state index in [-0.39, 0.29) is 18.1 Å². The van der Waals surface area contributed by atoms with Crippen molar-refractivity contribution in [2.24, 2.45) is 0 Å². The zero-order valence-corrected chi connectivity index (χ0v) is 19.8. The molecule has 1 aliphatic heterocycles. The van der Waals surface area contributed by atoms with Gasteiger partial charge in [-0.1, -0.05) is 37.3 Å². The number of hydrogen-bond acceptors (Lipinski definition) is 6. The maximum Gasteiger partial charge on any atom is 0.411 e. The van der Waals surface area contributed by atoms with Gasteiger partial charge in [0.25, 0.3) is 0 Å². The predicted octanol–water partition coefficient (Wildman–Crippen LogP) is 2.91. The lowest BCUT2D eigenvalue weighted by Gasteiger charge is -2.31. The van der Waals surface area contributed by atoms with Crippen LogP contribution in [0.3, 0.4) is 0 Å². The van der Waals surface area contributed by atoms with Crippen LogP contribution in [0.2, 0.25) is 0 Å². The minimum atomic E-state index is -0.913. The largest absolute Gasteiger partial charge is 0.480 e. The maximum atomic E-state index is 13.1. The Bertz CT molecular complexity index is 765. The van der Waals surface area contributed by atoms with Gasteiger partial charge < -0.3 is 20.0 Å². The molecule has 1 heterocycles. The molecule has 0 radical (unpaired) electrons. The molecule has 8 heteroatoms. The standard InChI is InChI=1S/C24H37N3O5/c1-6-19(15-28)26-16-27(23(31)32-24(3,4)5)21(14-18-10-8-7-9-11-18)20(26)12-13-25-17(2)22(29)30/h7-11,15,17,19-21,25H,6,12-14,16H2,1-5H3,(H,29,30)/t17-,19-,20-,21-/m0/s1. The highest BCUT2D eigenvalue weighted by Gasteiger charge is 2.45. The summed E-state index contributed by atoms with van der Waals surface area (Å²) in [5.74, 6) is -0.913. The topological polar surface area (TPSA) is 99.2 Å². The highest BCUT2D eigenvalue weighted by atomic mass is 16.6. The molecule has 2 N–H and O–H groups in total. The molecule has 0 spiro atoms. The lowest BCUT2D eigenvalue weighted by molar-refractivity contribution is -0.139. The fourth-order valence-corrected chi connectivity index (χ4v) is 4.08. The normalized spacial score (nSPS) is 21.2. The van der Waals surface area contributed by atoms with E-state index in [1.165, 1.54) is 0 Å². The smallest absolute Gasteiger partial charge is 0.411 e. The average molecular weight is 448 g/mol. The van der Waals surface area contributed by atoms with Gasteiger partial charge in [-0.25, -0.2) is 4.79 Å². The molecule has 1 aromatic carbocycles. The van der Waals surface area contributed by atoms with Crippen LogP contribution in [0.15, 0.2) is 30.3 Å². The number of benzene rings is 1. The van der Waals surface area contributed by atoms with Crippen molar-refractivity contribution >= 4 is 18.3 Å². The molecule has 1 aromatic rings. The van der Waals surface area contributed by atoms with E-state index in [1.807, 2.05) is 58.0 Å². The molecule has 0 saturated carbocycles. The first kappa shape index (κ1) is 25.8. The van der Waals surface area contributed by atoms with Crippen molar-refractivity contribution in [3.63, 3.8) is 0 Å². The minimum Gasteiger partial charge on any atom is -0.480 e. The van der Waals surface area contributed by atoms with Crippen LogP contribution in [0.25, 0.3) is 0 Å². The van der Waals surface area contributed by atoms with Crippen LogP contribution in [0.5, 0.6) is 0 Å². The van der Waals surface area contributed by atoms with E-state index in [1.54, 1.807) is 11.8 Å². The van der Waals surface area contributed by atoms with Crippen LogP contribution < -0.4 is 5.32 Å². The molecule has 0 unspecified atom stereocenters. The number of carboxylic acid groups (broad SMARTS) is 1. The number of aliphatic carboxylic acids is 1.